The van der Waals surface area contributed by atoms with E-state index in [0.29, 0.717) is 0 Å². The van der Waals surface area contributed by atoms with Crippen molar-refractivity contribution < 1.29 is 39.6 Å². The Morgan fingerprint density at radius 2 is 1.37 bits per heavy atom. The number of carboxylic acids is 4. The van der Waals surface area contributed by atoms with Crippen molar-refractivity contribution in [2.75, 3.05) is 13.1 Å². The molecule has 0 saturated heterocycles. The van der Waals surface area contributed by atoms with Crippen LogP contribution in [0, 0.1) is 10.8 Å². The van der Waals surface area contributed by atoms with Crippen LogP contribution in [0.25, 0.3) is 0 Å². The monoisotopic (exact) mass is 391 g/mol. The second-order valence-corrected chi connectivity index (χ2v) is 7.78. The standard InChI is InChI=1S/C16H29N3O8/c1-15(2,7-16(3,4)14(26)27)10(13(24)25)19-6-9(12(22)23)18-5-8(17)11(20)21/h8-10,18-19H,5-7,17H2,1-4H3,(H,20,21)(H,22,23)(H,24,25)(H,26,27). The van der Waals surface area contributed by atoms with Crippen LogP contribution in [-0.4, -0.2) is 75.5 Å². The molecule has 0 amide bonds. The Morgan fingerprint density at radius 1 is 0.852 bits per heavy atom. The van der Waals surface area contributed by atoms with Crippen LogP contribution >= 0.6 is 0 Å². The predicted molar refractivity (Wildman–Crippen MR) is 94.3 cm³/mol. The topological polar surface area (TPSA) is 199 Å². The van der Waals surface area contributed by atoms with Gasteiger partial charge in [-0.15, -0.1) is 0 Å². The minimum absolute atomic E-state index is 0.0222. The molecule has 0 aliphatic rings. The van der Waals surface area contributed by atoms with Gasteiger partial charge >= 0.3 is 23.9 Å². The highest BCUT2D eigenvalue weighted by Gasteiger charge is 2.42. The lowest BCUT2D eigenvalue weighted by atomic mass is 9.71. The summed E-state index contributed by atoms with van der Waals surface area (Å²) in [5, 5.41) is 41.8. The Balaban J connectivity index is 5.16. The first-order valence-corrected chi connectivity index (χ1v) is 8.26. The molecule has 3 atom stereocenters. The average Bonchev–Trinajstić information content (AvgIpc) is 2.47. The van der Waals surface area contributed by atoms with E-state index in [2.05, 4.69) is 10.6 Å². The van der Waals surface area contributed by atoms with Gasteiger partial charge in [-0.2, -0.15) is 0 Å². The number of rotatable bonds is 13. The zero-order valence-electron chi connectivity index (χ0n) is 15.9. The summed E-state index contributed by atoms with van der Waals surface area (Å²) in [6, 6.07) is -3.82. The quantitative estimate of drug-likeness (QED) is 0.203. The lowest BCUT2D eigenvalue weighted by Gasteiger charge is -2.37. The molecule has 0 radical (unpaired) electrons. The molecule has 0 aromatic carbocycles. The van der Waals surface area contributed by atoms with Gasteiger partial charge in [-0.25, -0.2) is 0 Å². The van der Waals surface area contributed by atoms with Crippen molar-refractivity contribution >= 4 is 23.9 Å². The molecular formula is C16H29N3O8. The van der Waals surface area contributed by atoms with Crippen molar-refractivity contribution in [3.8, 4) is 0 Å². The zero-order chi connectivity index (χ0) is 21.6. The number of carboxylic acid groups (broad SMARTS) is 4. The predicted octanol–water partition coefficient (Wildman–Crippen LogP) is -0.989. The number of aliphatic carboxylic acids is 4. The van der Waals surface area contributed by atoms with Crippen molar-refractivity contribution in [3.05, 3.63) is 0 Å². The Kier molecular flexibility index (Phi) is 8.83. The maximum Gasteiger partial charge on any atom is 0.322 e. The fourth-order valence-electron chi connectivity index (χ4n) is 2.85. The molecule has 156 valence electrons. The lowest BCUT2D eigenvalue weighted by Crippen LogP contribution is -2.56. The molecular weight excluding hydrogens is 362 g/mol. The van der Waals surface area contributed by atoms with Crippen LogP contribution < -0.4 is 16.4 Å². The molecule has 0 fully saturated rings. The van der Waals surface area contributed by atoms with Gasteiger partial charge in [0.15, 0.2) is 0 Å². The highest BCUT2D eigenvalue weighted by atomic mass is 16.4. The van der Waals surface area contributed by atoms with Gasteiger partial charge in [-0.1, -0.05) is 13.8 Å². The van der Waals surface area contributed by atoms with Gasteiger partial charge in [0.05, 0.1) is 5.41 Å². The minimum Gasteiger partial charge on any atom is -0.481 e. The van der Waals surface area contributed by atoms with E-state index < -0.39 is 52.8 Å². The van der Waals surface area contributed by atoms with Gasteiger partial charge in [0.25, 0.3) is 0 Å². The molecule has 0 heterocycles. The SMILES string of the molecule is CC(C)(CC(C)(C)C(NCC(NCC(N)C(=O)O)C(=O)O)C(=O)O)C(=O)O. The first-order valence-electron chi connectivity index (χ1n) is 8.26. The maximum atomic E-state index is 11.7. The van der Waals surface area contributed by atoms with Crippen molar-refractivity contribution in [3.63, 3.8) is 0 Å². The first-order chi connectivity index (χ1) is 12.1. The molecule has 0 aromatic heterocycles. The molecule has 27 heavy (non-hydrogen) atoms. The highest BCUT2D eigenvalue weighted by Crippen LogP contribution is 2.36. The summed E-state index contributed by atoms with van der Waals surface area (Å²) >= 11 is 0. The van der Waals surface area contributed by atoms with Gasteiger partial charge in [-0.3, -0.25) is 19.2 Å². The maximum absolute atomic E-state index is 11.7. The number of carbonyl (C=O) groups is 4. The van der Waals surface area contributed by atoms with Crippen LogP contribution in [0.4, 0.5) is 0 Å². The number of hydrogen-bond donors (Lipinski definition) is 7. The molecule has 0 aromatic rings. The van der Waals surface area contributed by atoms with Crippen molar-refractivity contribution in [2.45, 2.75) is 52.2 Å². The van der Waals surface area contributed by atoms with Crippen LogP contribution in [-0.2, 0) is 19.2 Å². The molecule has 0 saturated carbocycles. The van der Waals surface area contributed by atoms with Crippen molar-refractivity contribution in [1.29, 1.82) is 0 Å². The van der Waals surface area contributed by atoms with Crippen LogP contribution in [0.5, 0.6) is 0 Å². The normalized spacial score (nSPS) is 15.6. The summed E-state index contributed by atoms with van der Waals surface area (Å²) < 4.78 is 0. The molecule has 3 unspecified atom stereocenters. The van der Waals surface area contributed by atoms with Gasteiger partial charge in [0.2, 0.25) is 0 Å². The van der Waals surface area contributed by atoms with Crippen molar-refractivity contribution in [2.24, 2.45) is 16.6 Å². The Morgan fingerprint density at radius 3 is 1.74 bits per heavy atom. The third kappa shape index (κ3) is 7.89. The fraction of sp³-hybridized carbons (Fsp3) is 0.750. The van der Waals surface area contributed by atoms with Crippen molar-refractivity contribution in [1.82, 2.24) is 10.6 Å². The number of nitrogens with two attached hydrogens (primary N) is 1. The molecule has 0 aliphatic heterocycles. The van der Waals surface area contributed by atoms with Crippen LogP contribution in [0.3, 0.4) is 0 Å². The van der Waals surface area contributed by atoms with E-state index in [9.17, 15) is 34.5 Å². The number of nitrogens with one attached hydrogen (secondary N) is 2. The van der Waals surface area contributed by atoms with Crippen LogP contribution in [0.15, 0.2) is 0 Å². The Bertz CT molecular complexity index is 576. The third-order valence-electron chi connectivity index (χ3n) is 4.23. The second kappa shape index (κ2) is 9.62. The van der Waals surface area contributed by atoms with E-state index >= 15 is 0 Å². The molecule has 0 rings (SSSR count). The molecule has 0 bridgehead atoms. The molecule has 11 nitrogen and oxygen atoms in total. The molecule has 0 aliphatic carbocycles. The molecule has 0 spiro atoms. The summed E-state index contributed by atoms with van der Waals surface area (Å²) in [5.41, 5.74) is 3.11. The van der Waals surface area contributed by atoms with Crippen LogP contribution in [0.2, 0.25) is 0 Å². The fourth-order valence-corrected chi connectivity index (χ4v) is 2.85. The van der Waals surface area contributed by atoms with E-state index in [0.717, 1.165) is 0 Å². The van der Waals surface area contributed by atoms with E-state index in [4.69, 9.17) is 10.8 Å². The lowest BCUT2D eigenvalue weighted by molar-refractivity contribution is -0.152. The largest absolute Gasteiger partial charge is 0.481 e. The third-order valence-corrected chi connectivity index (χ3v) is 4.23. The summed E-state index contributed by atoms with van der Waals surface area (Å²) in [6.45, 7) is 5.46. The smallest absolute Gasteiger partial charge is 0.322 e. The summed E-state index contributed by atoms with van der Waals surface area (Å²) in [5.74, 6) is -4.95. The van der Waals surface area contributed by atoms with Gasteiger partial charge in [0, 0.05) is 13.1 Å². The summed E-state index contributed by atoms with van der Waals surface area (Å²) in [7, 11) is 0. The number of hydrogen-bond acceptors (Lipinski definition) is 7. The summed E-state index contributed by atoms with van der Waals surface area (Å²) in [4.78, 5) is 45.0. The van der Waals surface area contributed by atoms with Crippen LogP contribution in [0.1, 0.15) is 34.1 Å². The summed E-state index contributed by atoms with van der Waals surface area (Å²) in [6.07, 6.45) is 0.0222. The second-order valence-electron chi connectivity index (χ2n) is 7.78. The minimum atomic E-state index is -1.31. The highest BCUT2D eigenvalue weighted by molar-refractivity contribution is 5.77. The van der Waals surface area contributed by atoms with Gasteiger partial charge in [0.1, 0.15) is 18.1 Å². The zero-order valence-corrected chi connectivity index (χ0v) is 15.9. The van der Waals surface area contributed by atoms with E-state index in [1.54, 1.807) is 13.8 Å². The van der Waals surface area contributed by atoms with Gasteiger partial charge < -0.3 is 36.8 Å². The Labute approximate surface area is 156 Å². The molecule has 11 heteroatoms. The first kappa shape index (κ1) is 24.8. The van der Waals surface area contributed by atoms with Gasteiger partial charge in [-0.05, 0) is 25.7 Å². The van der Waals surface area contributed by atoms with E-state index in [1.807, 2.05) is 0 Å². The molecule has 8 N–H and O–H groups in total. The van der Waals surface area contributed by atoms with E-state index in [-0.39, 0.29) is 19.5 Å². The average molecular weight is 391 g/mol. The van der Waals surface area contributed by atoms with E-state index in [1.165, 1.54) is 13.8 Å². The Hall–Kier alpha value is -2.24.